The highest BCUT2D eigenvalue weighted by molar-refractivity contribution is 7.08. The third-order valence-corrected chi connectivity index (χ3v) is 3.11. The average Bonchev–Trinajstić information content (AvgIpc) is 2.59. The molecule has 0 aliphatic carbocycles. The first-order valence-corrected chi connectivity index (χ1v) is 5.56. The molecule has 1 unspecified atom stereocenters. The predicted octanol–water partition coefficient (Wildman–Crippen LogP) is 1.28. The summed E-state index contributed by atoms with van der Waals surface area (Å²) in [6.07, 6.45) is 0. The van der Waals surface area contributed by atoms with Gasteiger partial charge in [-0.3, -0.25) is 4.79 Å². The van der Waals surface area contributed by atoms with E-state index in [1.807, 2.05) is 6.92 Å². The molecule has 1 amide bonds. The molecule has 0 radical (unpaired) electrons. The normalized spacial score (nSPS) is 12.5. The van der Waals surface area contributed by atoms with Gasteiger partial charge in [0.15, 0.2) is 0 Å². The maximum atomic E-state index is 11.2. The second-order valence-electron chi connectivity index (χ2n) is 3.30. The van der Waals surface area contributed by atoms with Crippen LogP contribution in [0.15, 0.2) is 10.8 Å². The fraction of sp³-hybridized carbons (Fsp3) is 0.500. The summed E-state index contributed by atoms with van der Waals surface area (Å²) in [6, 6.07) is -0.140. The zero-order chi connectivity index (χ0) is 10.6. The minimum Gasteiger partial charge on any atom is -0.358 e. The van der Waals surface area contributed by atoms with Crippen LogP contribution in [0.25, 0.3) is 0 Å². The van der Waals surface area contributed by atoms with Crippen LogP contribution in [-0.2, 0) is 11.3 Å². The van der Waals surface area contributed by atoms with Crippen LogP contribution in [-0.4, -0.2) is 19.0 Å². The number of rotatable bonds is 4. The molecular weight excluding hydrogens is 196 g/mol. The minimum absolute atomic E-state index is 0.0258. The molecule has 1 atom stereocenters. The van der Waals surface area contributed by atoms with Gasteiger partial charge in [0, 0.05) is 13.6 Å². The Morgan fingerprint density at radius 2 is 2.29 bits per heavy atom. The SMILES string of the molecule is CNC(=O)C(C)NCc1cscc1C. The molecule has 1 rings (SSSR count). The van der Waals surface area contributed by atoms with Crippen LogP contribution >= 0.6 is 11.3 Å². The van der Waals surface area contributed by atoms with Crippen LogP contribution in [0.3, 0.4) is 0 Å². The first-order chi connectivity index (χ1) is 6.65. The van der Waals surface area contributed by atoms with Crippen LogP contribution in [0.2, 0.25) is 0 Å². The van der Waals surface area contributed by atoms with E-state index in [4.69, 9.17) is 0 Å². The lowest BCUT2D eigenvalue weighted by atomic mass is 10.2. The number of amides is 1. The number of thiophene rings is 1. The van der Waals surface area contributed by atoms with Crippen molar-refractivity contribution in [2.45, 2.75) is 26.4 Å². The molecular formula is C10H16N2OS. The van der Waals surface area contributed by atoms with Crippen molar-refractivity contribution in [1.29, 1.82) is 0 Å². The molecule has 0 fully saturated rings. The Kier molecular flexibility index (Phi) is 4.10. The van der Waals surface area contributed by atoms with E-state index in [2.05, 4.69) is 28.3 Å². The lowest BCUT2D eigenvalue weighted by molar-refractivity contribution is -0.122. The molecule has 4 heteroatoms. The number of nitrogens with one attached hydrogen (secondary N) is 2. The van der Waals surface area contributed by atoms with Crippen LogP contribution in [0.1, 0.15) is 18.1 Å². The number of carbonyl (C=O) groups is 1. The van der Waals surface area contributed by atoms with Crippen molar-refractivity contribution in [2.75, 3.05) is 7.05 Å². The second kappa shape index (κ2) is 5.12. The van der Waals surface area contributed by atoms with Gasteiger partial charge in [-0.1, -0.05) is 0 Å². The number of carbonyl (C=O) groups excluding carboxylic acids is 1. The van der Waals surface area contributed by atoms with Crippen LogP contribution < -0.4 is 10.6 Å². The molecule has 0 bridgehead atoms. The molecule has 3 nitrogen and oxygen atoms in total. The first kappa shape index (κ1) is 11.2. The van der Waals surface area contributed by atoms with Gasteiger partial charge in [-0.25, -0.2) is 0 Å². The van der Waals surface area contributed by atoms with Gasteiger partial charge in [-0.05, 0) is 35.7 Å². The molecule has 0 aliphatic rings. The number of likely N-dealkylation sites (N-methyl/N-ethyl adjacent to an activating group) is 1. The molecule has 0 aromatic carbocycles. The third-order valence-electron chi connectivity index (χ3n) is 2.20. The van der Waals surface area contributed by atoms with E-state index in [1.165, 1.54) is 11.1 Å². The highest BCUT2D eigenvalue weighted by Crippen LogP contribution is 2.13. The van der Waals surface area contributed by atoms with Gasteiger partial charge in [-0.2, -0.15) is 11.3 Å². The number of aryl methyl sites for hydroxylation is 1. The average molecular weight is 212 g/mol. The molecule has 1 heterocycles. The predicted molar refractivity (Wildman–Crippen MR) is 59.4 cm³/mol. The Bertz CT molecular complexity index is 309. The maximum absolute atomic E-state index is 11.2. The van der Waals surface area contributed by atoms with E-state index in [-0.39, 0.29) is 11.9 Å². The molecule has 78 valence electrons. The van der Waals surface area contributed by atoms with Gasteiger partial charge >= 0.3 is 0 Å². The van der Waals surface area contributed by atoms with E-state index >= 15 is 0 Å². The Hall–Kier alpha value is -0.870. The van der Waals surface area contributed by atoms with Crippen LogP contribution in [0.4, 0.5) is 0 Å². The Morgan fingerprint density at radius 1 is 1.57 bits per heavy atom. The minimum atomic E-state index is -0.140. The standard InChI is InChI=1S/C10H16N2OS/c1-7-5-14-6-9(7)4-12-8(2)10(13)11-3/h5-6,8,12H,4H2,1-3H3,(H,11,13). The van der Waals surface area contributed by atoms with Gasteiger partial charge in [0.2, 0.25) is 5.91 Å². The first-order valence-electron chi connectivity index (χ1n) is 4.61. The van der Waals surface area contributed by atoms with Crippen LogP contribution in [0, 0.1) is 6.92 Å². The molecule has 1 aromatic heterocycles. The highest BCUT2D eigenvalue weighted by atomic mass is 32.1. The number of hydrogen-bond donors (Lipinski definition) is 2. The van der Waals surface area contributed by atoms with E-state index in [0.29, 0.717) is 0 Å². The lowest BCUT2D eigenvalue weighted by Gasteiger charge is -2.11. The topological polar surface area (TPSA) is 41.1 Å². The zero-order valence-corrected chi connectivity index (χ0v) is 9.57. The van der Waals surface area contributed by atoms with Gasteiger partial charge in [-0.15, -0.1) is 0 Å². The smallest absolute Gasteiger partial charge is 0.236 e. The molecule has 0 spiro atoms. The Morgan fingerprint density at radius 3 is 2.79 bits per heavy atom. The van der Waals surface area contributed by atoms with Crippen molar-refractivity contribution < 1.29 is 4.79 Å². The third kappa shape index (κ3) is 2.82. The molecule has 0 saturated heterocycles. The van der Waals surface area contributed by atoms with Crippen molar-refractivity contribution in [3.05, 3.63) is 21.9 Å². The lowest BCUT2D eigenvalue weighted by Crippen LogP contribution is -2.40. The summed E-state index contributed by atoms with van der Waals surface area (Å²) >= 11 is 1.69. The highest BCUT2D eigenvalue weighted by Gasteiger charge is 2.10. The Balaban J connectivity index is 2.41. The fourth-order valence-corrected chi connectivity index (χ4v) is 2.00. The van der Waals surface area contributed by atoms with Gasteiger partial charge in [0.1, 0.15) is 0 Å². The maximum Gasteiger partial charge on any atom is 0.236 e. The molecule has 1 aromatic rings. The molecule has 14 heavy (non-hydrogen) atoms. The molecule has 0 saturated carbocycles. The molecule has 0 aliphatic heterocycles. The summed E-state index contributed by atoms with van der Waals surface area (Å²) in [4.78, 5) is 11.2. The number of hydrogen-bond acceptors (Lipinski definition) is 3. The van der Waals surface area contributed by atoms with Crippen molar-refractivity contribution in [3.8, 4) is 0 Å². The van der Waals surface area contributed by atoms with Crippen molar-refractivity contribution >= 4 is 17.2 Å². The summed E-state index contributed by atoms with van der Waals surface area (Å²) in [5.41, 5.74) is 2.55. The largest absolute Gasteiger partial charge is 0.358 e. The molecule has 2 N–H and O–H groups in total. The summed E-state index contributed by atoms with van der Waals surface area (Å²) in [6.45, 7) is 4.70. The van der Waals surface area contributed by atoms with Crippen molar-refractivity contribution in [1.82, 2.24) is 10.6 Å². The monoisotopic (exact) mass is 212 g/mol. The van der Waals surface area contributed by atoms with Crippen LogP contribution in [0.5, 0.6) is 0 Å². The van der Waals surface area contributed by atoms with Crippen molar-refractivity contribution in [3.63, 3.8) is 0 Å². The van der Waals surface area contributed by atoms with E-state index in [1.54, 1.807) is 18.4 Å². The van der Waals surface area contributed by atoms with Gasteiger partial charge in [0.05, 0.1) is 6.04 Å². The summed E-state index contributed by atoms with van der Waals surface area (Å²) < 4.78 is 0. The van der Waals surface area contributed by atoms with Gasteiger partial charge in [0.25, 0.3) is 0 Å². The zero-order valence-electron chi connectivity index (χ0n) is 8.76. The fourth-order valence-electron chi connectivity index (χ4n) is 1.14. The van der Waals surface area contributed by atoms with Gasteiger partial charge < -0.3 is 10.6 Å². The summed E-state index contributed by atoms with van der Waals surface area (Å²) in [5, 5.41) is 10.0. The summed E-state index contributed by atoms with van der Waals surface area (Å²) in [7, 11) is 1.65. The second-order valence-corrected chi connectivity index (χ2v) is 4.04. The van der Waals surface area contributed by atoms with Crippen molar-refractivity contribution in [2.24, 2.45) is 0 Å². The quantitative estimate of drug-likeness (QED) is 0.789. The van der Waals surface area contributed by atoms with E-state index < -0.39 is 0 Å². The van der Waals surface area contributed by atoms with E-state index in [0.717, 1.165) is 6.54 Å². The van der Waals surface area contributed by atoms with E-state index in [9.17, 15) is 4.79 Å². The Labute approximate surface area is 88.5 Å². The summed E-state index contributed by atoms with van der Waals surface area (Å²) in [5.74, 6) is 0.0258.